The molecule has 0 bridgehead atoms. The minimum absolute atomic E-state index is 0.0156. The van der Waals surface area contributed by atoms with Crippen LogP contribution in [0.15, 0.2) is 66.7 Å². The van der Waals surface area contributed by atoms with Crippen LogP contribution in [0, 0.1) is 0 Å². The summed E-state index contributed by atoms with van der Waals surface area (Å²) in [4.78, 5) is 23.9. The van der Waals surface area contributed by atoms with Crippen molar-refractivity contribution in [2.45, 2.75) is 18.4 Å². The van der Waals surface area contributed by atoms with E-state index >= 15 is 0 Å². The highest BCUT2D eigenvalue weighted by atomic mass is 35.5. The van der Waals surface area contributed by atoms with Crippen LogP contribution < -0.4 is 0 Å². The average Bonchev–Trinajstić information content (AvgIpc) is 3.00. The second kappa shape index (κ2) is 6.80. The minimum atomic E-state index is -0.434. The number of ketones is 1. The summed E-state index contributed by atoms with van der Waals surface area (Å²) in [7, 11) is 0. The molecule has 0 unspecified atom stereocenters. The lowest BCUT2D eigenvalue weighted by Gasteiger charge is -2.22. The Morgan fingerprint density at radius 3 is 2.39 bits per heavy atom. The maximum atomic E-state index is 12.5. The lowest BCUT2D eigenvalue weighted by Crippen LogP contribution is -2.21. The van der Waals surface area contributed by atoms with Gasteiger partial charge >= 0.3 is 5.97 Å². The quantitative estimate of drug-likeness (QED) is 0.611. The molecule has 3 nitrogen and oxygen atoms in total. The van der Waals surface area contributed by atoms with E-state index in [0.717, 1.165) is 5.56 Å². The molecule has 0 N–H and O–H groups in total. The molecule has 0 saturated carbocycles. The van der Waals surface area contributed by atoms with Gasteiger partial charge in [-0.25, -0.2) is 4.79 Å². The fourth-order valence-electron chi connectivity index (χ4n) is 2.68. The number of esters is 1. The van der Waals surface area contributed by atoms with Gasteiger partial charge in [0.1, 0.15) is 6.10 Å². The molecule has 23 heavy (non-hydrogen) atoms. The third kappa shape index (κ3) is 3.69. The highest BCUT2D eigenvalue weighted by Gasteiger charge is 2.30. The number of ether oxygens (including phenoxy) is 1. The molecule has 2 aromatic carbocycles. The molecule has 2 aromatic rings. The van der Waals surface area contributed by atoms with Crippen molar-refractivity contribution in [2.75, 3.05) is 0 Å². The standard InChI is InChI=1S/C19H15ClO3/c20-15-8-6-13(7-9-15)16(18-10-11-19(22)23-18)12-17(21)14-4-2-1-3-5-14/h1-11,16,18H,12H2/t16-,18+/m1/s1. The molecule has 3 rings (SSSR count). The van der Waals surface area contributed by atoms with E-state index in [0.29, 0.717) is 10.6 Å². The molecular formula is C19H15ClO3. The summed E-state index contributed by atoms with van der Waals surface area (Å²) >= 11 is 5.93. The predicted molar refractivity (Wildman–Crippen MR) is 88.6 cm³/mol. The van der Waals surface area contributed by atoms with E-state index in [4.69, 9.17) is 16.3 Å². The zero-order valence-electron chi connectivity index (χ0n) is 12.3. The number of halogens is 1. The van der Waals surface area contributed by atoms with Crippen molar-refractivity contribution in [1.29, 1.82) is 0 Å². The number of carbonyl (C=O) groups excluding carboxylic acids is 2. The molecule has 1 heterocycles. The maximum absolute atomic E-state index is 12.5. The van der Waals surface area contributed by atoms with Crippen LogP contribution in [0.25, 0.3) is 0 Å². The van der Waals surface area contributed by atoms with Crippen molar-refractivity contribution in [2.24, 2.45) is 0 Å². The molecule has 0 radical (unpaired) electrons. The van der Waals surface area contributed by atoms with Gasteiger partial charge in [-0.3, -0.25) is 4.79 Å². The Bertz CT molecular complexity index is 735. The summed E-state index contributed by atoms with van der Waals surface area (Å²) in [6, 6.07) is 16.4. The molecule has 0 amide bonds. The van der Waals surface area contributed by atoms with Crippen molar-refractivity contribution < 1.29 is 14.3 Å². The van der Waals surface area contributed by atoms with Gasteiger partial charge in [-0.05, 0) is 23.8 Å². The Morgan fingerprint density at radius 1 is 1.09 bits per heavy atom. The van der Waals surface area contributed by atoms with Crippen LogP contribution in [0.4, 0.5) is 0 Å². The minimum Gasteiger partial charge on any atom is -0.454 e. The molecule has 4 heteroatoms. The van der Waals surface area contributed by atoms with Crippen LogP contribution in [0.1, 0.15) is 28.3 Å². The fraction of sp³-hybridized carbons (Fsp3) is 0.158. The highest BCUT2D eigenvalue weighted by molar-refractivity contribution is 6.30. The maximum Gasteiger partial charge on any atom is 0.331 e. The van der Waals surface area contributed by atoms with Crippen molar-refractivity contribution >= 4 is 23.4 Å². The van der Waals surface area contributed by atoms with Crippen LogP contribution in [0.2, 0.25) is 5.02 Å². The number of hydrogen-bond acceptors (Lipinski definition) is 3. The number of Topliss-reactive ketones (excluding diaryl/α,β-unsaturated/α-hetero) is 1. The predicted octanol–water partition coefficient (Wildman–Crippen LogP) is 4.18. The topological polar surface area (TPSA) is 43.4 Å². The number of benzene rings is 2. The van der Waals surface area contributed by atoms with Gasteiger partial charge in [0.15, 0.2) is 5.78 Å². The molecule has 2 atom stereocenters. The van der Waals surface area contributed by atoms with E-state index in [1.54, 1.807) is 30.3 Å². The van der Waals surface area contributed by atoms with E-state index in [-0.39, 0.29) is 24.1 Å². The zero-order chi connectivity index (χ0) is 16.2. The van der Waals surface area contributed by atoms with E-state index in [9.17, 15) is 9.59 Å². The van der Waals surface area contributed by atoms with Gasteiger partial charge in [0.25, 0.3) is 0 Å². The first-order valence-corrected chi connectivity index (χ1v) is 7.74. The van der Waals surface area contributed by atoms with Gasteiger partial charge in [-0.2, -0.15) is 0 Å². The Kier molecular flexibility index (Phi) is 4.58. The van der Waals surface area contributed by atoms with Crippen molar-refractivity contribution in [3.8, 4) is 0 Å². The number of hydrogen-bond donors (Lipinski definition) is 0. The second-order valence-corrected chi connectivity index (χ2v) is 5.85. The van der Waals surface area contributed by atoms with Gasteiger partial charge in [0, 0.05) is 29.0 Å². The summed E-state index contributed by atoms with van der Waals surface area (Å²) in [6.07, 6.45) is 2.94. The summed E-state index contributed by atoms with van der Waals surface area (Å²) in [5.74, 6) is -0.592. The zero-order valence-corrected chi connectivity index (χ0v) is 13.1. The van der Waals surface area contributed by atoms with Crippen molar-refractivity contribution in [3.05, 3.63) is 82.9 Å². The van der Waals surface area contributed by atoms with Gasteiger partial charge in [-0.1, -0.05) is 54.1 Å². The third-order valence-corrected chi connectivity index (χ3v) is 4.12. The fourth-order valence-corrected chi connectivity index (χ4v) is 2.80. The first-order valence-electron chi connectivity index (χ1n) is 7.36. The van der Waals surface area contributed by atoms with Gasteiger partial charge in [-0.15, -0.1) is 0 Å². The van der Waals surface area contributed by atoms with E-state index in [2.05, 4.69) is 0 Å². The first kappa shape index (κ1) is 15.5. The van der Waals surface area contributed by atoms with Crippen LogP contribution in [0.5, 0.6) is 0 Å². The smallest absolute Gasteiger partial charge is 0.331 e. The Balaban J connectivity index is 1.86. The molecule has 1 aliphatic heterocycles. The van der Waals surface area contributed by atoms with Crippen molar-refractivity contribution in [3.63, 3.8) is 0 Å². The van der Waals surface area contributed by atoms with Crippen LogP contribution in [-0.2, 0) is 9.53 Å². The van der Waals surface area contributed by atoms with Gasteiger partial charge < -0.3 is 4.74 Å². The van der Waals surface area contributed by atoms with Crippen LogP contribution in [-0.4, -0.2) is 17.9 Å². The lowest BCUT2D eigenvalue weighted by atomic mass is 9.87. The van der Waals surface area contributed by atoms with Crippen LogP contribution >= 0.6 is 11.6 Å². The van der Waals surface area contributed by atoms with E-state index < -0.39 is 6.10 Å². The Hall–Kier alpha value is -2.39. The lowest BCUT2D eigenvalue weighted by molar-refractivity contribution is -0.139. The summed E-state index contributed by atoms with van der Waals surface area (Å²) in [6.45, 7) is 0. The summed E-state index contributed by atoms with van der Waals surface area (Å²) in [5, 5.41) is 0.626. The third-order valence-electron chi connectivity index (χ3n) is 3.87. The molecular weight excluding hydrogens is 312 g/mol. The van der Waals surface area contributed by atoms with Crippen LogP contribution in [0.3, 0.4) is 0 Å². The Morgan fingerprint density at radius 2 is 1.78 bits per heavy atom. The van der Waals surface area contributed by atoms with E-state index in [1.807, 2.05) is 30.3 Å². The highest BCUT2D eigenvalue weighted by Crippen LogP contribution is 2.31. The largest absolute Gasteiger partial charge is 0.454 e. The number of carbonyl (C=O) groups is 2. The molecule has 116 valence electrons. The van der Waals surface area contributed by atoms with Crippen molar-refractivity contribution in [1.82, 2.24) is 0 Å². The van der Waals surface area contributed by atoms with E-state index in [1.165, 1.54) is 6.08 Å². The number of rotatable bonds is 5. The summed E-state index contributed by atoms with van der Waals surface area (Å²) in [5.41, 5.74) is 1.57. The monoisotopic (exact) mass is 326 g/mol. The molecule has 0 aromatic heterocycles. The normalized spacial score (nSPS) is 17.8. The van der Waals surface area contributed by atoms with Gasteiger partial charge in [0.2, 0.25) is 0 Å². The molecule has 0 spiro atoms. The summed E-state index contributed by atoms with van der Waals surface area (Å²) < 4.78 is 5.31. The SMILES string of the molecule is O=C1C=C[C@@H]([C@H](CC(=O)c2ccccc2)c2ccc(Cl)cc2)O1. The molecule has 0 saturated heterocycles. The van der Waals surface area contributed by atoms with Gasteiger partial charge in [0.05, 0.1) is 0 Å². The second-order valence-electron chi connectivity index (χ2n) is 5.41. The number of cyclic esters (lactones) is 1. The molecule has 0 aliphatic carbocycles. The Labute approximate surface area is 139 Å². The molecule has 0 fully saturated rings. The molecule has 1 aliphatic rings. The first-order chi connectivity index (χ1) is 11.1. The average molecular weight is 327 g/mol.